The predicted molar refractivity (Wildman–Crippen MR) is 47.9 cm³/mol. The van der Waals surface area contributed by atoms with E-state index in [1.54, 1.807) is 0 Å². The first-order chi connectivity index (χ1) is 5.44. The van der Waals surface area contributed by atoms with E-state index in [1.165, 1.54) is 0 Å². The number of hydrogen-bond donors (Lipinski definition) is 1. The van der Waals surface area contributed by atoms with E-state index in [9.17, 15) is 4.79 Å². The first kappa shape index (κ1) is 9.56. The molecule has 0 saturated heterocycles. The number of carboxylic acids is 1. The van der Waals surface area contributed by atoms with Gasteiger partial charge < -0.3 is 5.11 Å². The highest BCUT2D eigenvalue weighted by atomic mass is 16.4. The van der Waals surface area contributed by atoms with Crippen LogP contribution in [0, 0.1) is 16.7 Å². The van der Waals surface area contributed by atoms with Crippen LogP contribution >= 0.6 is 0 Å². The molecule has 0 aromatic heterocycles. The maximum absolute atomic E-state index is 10.9. The molecule has 2 nitrogen and oxygen atoms in total. The summed E-state index contributed by atoms with van der Waals surface area (Å²) in [5.74, 6) is -0.747. The van der Waals surface area contributed by atoms with Gasteiger partial charge in [0.25, 0.3) is 0 Å². The molecule has 12 heavy (non-hydrogen) atoms. The molecular formula is C10H18O2. The first-order valence-corrected chi connectivity index (χ1v) is 4.67. The van der Waals surface area contributed by atoms with Gasteiger partial charge in [-0.2, -0.15) is 0 Å². The Hall–Kier alpha value is -0.530. The molecular weight excluding hydrogens is 152 g/mol. The molecule has 1 saturated carbocycles. The van der Waals surface area contributed by atoms with Gasteiger partial charge in [-0.3, -0.25) is 4.79 Å². The lowest BCUT2D eigenvalue weighted by atomic mass is 9.90. The molecule has 0 bridgehead atoms. The molecule has 1 aliphatic carbocycles. The van der Waals surface area contributed by atoms with Gasteiger partial charge in [-0.1, -0.05) is 27.7 Å². The maximum Gasteiger partial charge on any atom is 0.307 e. The van der Waals surface area contributed by atoms with E-state index in [4.69, 9.17) is 5.11 Å². The second kappa shape index (κ2) is 2.48. The van der Waals surface area contributed by atoms with E-state index in [0.29, 0.717) is 0 Å². The third kappa shape index (κ3) is 0.838. The van der Waals surface area contributed by atoms with E-state index in [-0.39, 0.29) is 16.7 Å². The molecule has 1 N–H and O–H groups in total. The summed E-state index contributed by atoms with van der Waals surface area (Å²) in [6.07, 6.45) is 1.96. The molecule has 1 atom stereocenters. The van der Waals surface area contributed by atoms with Crippen molar-refractivity contribution in [2.75, 3.05) is 0 Å². The summed E-state index contributed by atoms with van der Waals surface area (Å²) in [4.78, 5) is 10.9. The zero-order valence-electron chi connectivity index (χ0n) is 8.35. The lowest BCUT2D eigenvalue weighted by Crippen LogP contribution is -2.08. The lowest BCUT2D eigenvalue weighted by Gasteiger charge is -2.14. The Labute approximate surface area is 74.0 Å². The molecule has 1 unspecified atom stereocenters. The summed E-state index contributed by atoms with van der Waals surface area (Å²) in [7, 11) is 0. The Balaban J connectivity index is 2.89. The molecule has 0 aromatic rings. The molecule has 1 fully saturated rings. The van der Waals surface area contributed by atoms with Crippen molar-refractivity contribution < 1.29 is 9.90 Å². The Morgan fingerprint density at radius 2 is 1.75 bits per heavy atom. The molecule has 0 radical (unpaired) electrons. The fourth-order valence-electron chi connectivity index (χ4n) is 3.06. The van der Waals surface area contributed by atoms with Crippen LogP contribution in [0.3, 0.4) is 0 Å². The topological polar surface area (TPSA) is 37.3 Å². The zero-order valence-corrected chi connectivity index (χ0v) is 8.35. The number of hydrogen-bond acceptors (Lipinski definition) is 1. The average molecular weight is 170 g/mol. The van der Waals surface area contributed by atoms with Crippen LogP contribution in [0.25, 0.3) is 0 Å². The molecule has 0 heterocycles. The highest BCUT2D eigenvalue weighted by Crippen LogP contribution is 2.72. The van der Waals surface area contributed by atoms with Gasteiger partial charge in [0.1, 0.15) is 0 Å². The van der Waals surface area contributed by atoms with Crippen LogP contribution in [0.4, 0.5) is 0 Å². The van der Waals surface area contributed by atoms with Gasteiger partial charge in [0.15, 0.2) is 0 Å². The number of aliphatic carboxylic acids is 1. The molecule has 1 rings (SSSR count). The van der Waals surface area contributed by atoms with E-state index >= 15 is 0 Å². The van der Waals surface area contributed by atoms with Crippen molar-refractivity contribution in [2.45, 2.75) is 40.5 Å². The smallest absolute Gasteiger partial charge is 0.307 e. The highest BCUT2D eigenvalue weighted by Gasteiger charge is 2.71. The molecule has 0 spiro atoms. The van der Waals surface area contributed by atoms with Crippen molar-refractivity contribution in [1.29, 1.82) is 0 Å². The molecule has 0 amide bonds. The minimum absolute atomic E-state index is 0.00231. The van der Waals surface area contributed by atoms with Crippen molar-refractivity contribution in [3.8, 4) is 0 Å². The summed E-state index contributed by atoms with van der Waals surface area (Å²) in [6, 6.07) is 0. The van der Waals surface area contributed by atoms with Gasteiger partial charge in [0.05, 0.1) is 5.92 Å². The number of carbonyl (C=O) groups is 1. The molecule has 0 aliphatic heterocycles. The van der Waals surface area contributed by atoms with Crippen LogP contribution in [0.5, 0.6) is 0 Å². The van der Waals surface area contributed by atoms with Gasteiger partial charge in [-0.25, -0.2) is 0 Å². The quantitative estimate of drug-likeness (QED) is 0.706. The molecule has 1 aliphatic rings. The molecule has 70 valence electrons. The van der Waals surface area contributed by atoms with Crippen LogP contribution in [-0.2, 0) is 4.79 Å². The van der Waals surface area contributed by atoms with Crippen molar-refractivity contribution in [1.82, 2.24) is 0 Å². The zero-order chi connectivity index (χ0) is 9.57. The Morgan fingerprint density at radius 1 is 1.33 bits per heavy atom. The fourth-order valence-corrected chi connectivity index (χ4v) is 3.06. The van der Waals surface area contributed by atoms with Crippen LogP contribution in [-0.4, -0.2) is 11.1 Å². The van der Waals surface area contributed by atoms with Crippen molar-refractivity contribution in [3.05, 3.63) is 0 Å². The standard InChI is InChI=1S/C10H18O2/c1-5-10(6-2)7(8(11)12)9(10,3)4/h7H,5-6H2,1-4H3,(H,11,12). The van der Waals surface area contributed by atoms with Crippen LogP contribution in [0.15, 0.2) is 0 Å². The van der Waals surface area contributed by atoms with Gasteiger partial charge in [-0.05, 0) is 23.7 Å². The maximum atomic E-state index is 10.9. The predicted octanol–water partition coefficient (Wildman–Crippen LogP) is 2.53. The molecule has 0 aromatic carbocycles. The summed E-state index contributed by atoms with van der Waals surface area (Å²) < 4.78 is 0. The minimum Gasteiger partial charge on any atom is -0.481 e. The van der Waals surface area contributed by atoms with Gasteiger partial charge in [-0.15, -0.1) is 0 Å². The Morgan fingerprint density at radius 3 is 1.83 bits per heavy atom. The lowest BCUT2D eigenvalue weighted by molar-refractivity contribution is -0.140. The summed E-state index contributed by atoms with van der Waals surface area (Å²) >= 11 is 0. The second-order valence-electron chi connectivity index (χ2n) is 4.36. The van der Waals surface area contributed by atoms with Crippen LogP contribution < -0.4 is 0 Å². The SMILES string of the molecule is CCC1(CC)C(C(=O)O)C1(C)C. The summed E-state index contributed by atoms with van der Waals surface area (Å²) in [5, 5.41) is 8.99. The third-order valence-corrected chi connectivity index (χ3v) is 3.98. The summed E-state index contributed by atoms with van der Waals surface area (Å²) in [6.45, 7) is 8.32. The monoisotopic (exact) mass is 170 g/mol. The average Bonchev–Trinajstić information content (AvgIpc) is 2.47. The van der Waals surface area contributed by atoms with E-state index in [2.05, 4.69) is 27.7 Å². The number of rotatable bonds is 3. The van der Waals surface area contributed by atoms with Gasteiger partial charge >= 0.3 is 5.97 Å². The normalized spacial score (nSPS) is 29.8. The Bertz CT molecular complexity index is 202. The van der Waals surface area contributed by atoms with E-state index in [0.717, 1.165) is 12.8 Å². The van der Waals surface area contributed by atoms with Gasteiger partial charge in [0, 0.05) is 0 Å². The van der Waals surface area contributed by atoms with Crippen LogP contribution in [0.2, 0.25) is 0 Å². The minimum atomic E-state index is -0.622. The summed E-state index contributed by atoms with van der Waals surface area (Å²) in [5.41, 5.74) is 0.0706. The van der Waals surface area contributed by atoms with E-state index < -0.39 is 5.97 Å². The first-order valence-electron chi connectivity index (χ1n) is 4.67. The molecule has 2 heteroatoms. The fraction of sp³-hybridized carbons (Fsp3) is 0.900. The number of carboxylic acid groups (broad SMARTS) is 1. The Kier molecular flexibility index (Phi) is 1.97. The largest absolute Gasteiger partial charge is 0.481 e. The van der Waals surface area contributed by atoms with Crippen LogP contribution in [0.1, 0.15) is 40.5 Å². The van der Waals surface area contributed by atoms with Crippen molar-refractivity contribution in [3.63, 3.8) is 0 Å². The third-order valence-electron chi connectivity index (χ3n) is 3.98. The second-order valence-corrected chi connectivity index (χ2v) is 4.36. The highest BCUT2D eigenvalue weighted by molar-refractivity contribution is 5.77. The van der Waals surface area contributed by atoms with Crippen molar-refractivity contribution in [2.24, 2.45) is 16.7 Å². The van der Waals surface area contributed by atoms with Gasteiger partial charge in [0.2, 0.25) is 0 Å². The van der Waals surface area contributed by atoms with E-state index in [1.807, 2.05) is 0 Å². The van der Waals surface area contributed by atoms with Crippen molar-refractivity contribution >= 4 is 5.97 Å².